The Labute approximate surface area is 48.3 Å². The molecule has 3 heteroatoms. The maximum absolute atomic E-state index is 3.84. The Kier molecular flexibility index (Phi) is 1.64. The lowest BCUT2D eigenvalue weighted by Crippen LogP contribution is -2.12. The lowest BCUT2D eigenvalue weighted by Gasteiger charge is -1.94. The average Bonchev–Trinajstić information content (AvgIpc) is 2.19. The van der Waals surface area contributed by atoms with E-state index < -0.39 is 0 Å². The maximum Gasteiger partial charge on any atom is 0.113 e. The minimum atomic E-state index is 0.753. The third-order valence-corrected chi connectivity index (χ3v) is 0.827. The van der Waals surface area contributed by atoms with Crippen molar-refractivity contribution in [2.24, 2.45) is 0 Å². The van der Waals surface area contributed by atoms with Gasteiger partial charge in [0.25, 0.3) is 0 Å². The quantitative estimate of drug-likeness (QED) is 0.574. The molecular weight excluding hydrogens is 102 g/mol. The largest absolute Gasteiger partial charge is 0.301 e. The lowest BCUT2D eigenvalue weighted by molar-refractivity contribution is 0.555. The van der Waals surface area contributed by atoms with Crippen molar-refractivity contribution in [2.45, 2.75) is 6.67 Å². The molecular formula is C5H8N3. The number of hydrogen-bond acceptors (Lipinski definition) is 2. The van der Waals surface area contributed by atoms with E-state index in [1.807, 2.05) is 13.2 Å². The van der Waals surface area contributed by atoms with Gasteiger partial charge in [0, 0.05) is 6.20 Å². The van der Waals surface area contributed by atoms with E-state index in [4.69, 9.17) is 0 Å². The summed E-state index contributed by atoms with van der Waals surface area (Å²) in [6.45, 7) is 0.753. The van der Waals surface area contributed by atoms with Gasteiger partial charge in [-0.25, -0.2) is 0 Å². The van der Waals surface area contributed by atoms with Crippen molar-refractivity contribution in [2.75, 3.05) is 7.05 Å². The summed E-state index contributed by atoms with van der Waals surface area (Å²) in [5.74, 6) is 0. The fourth-order valence-corrected chi connectivity index (χ4v) is 0.510. The van der Waals surface area contributed by atoms with Crippen LogP contribution < -0.4 is 5.32 Å². The molecule has 0 fully saturated rings. The van der Waals surface area contributed by atoms with Gasteiger partial charge in [0.2, 0.25) is 0 Å². The van der Waals surface area contributed by atoms with Crippen molar-refractivity contribution in [3.8, 4) is 0 Å². The second kappa shape index (κ2) is 2.47. The van der Waals surface area contributed by atoms with Crippen LogP contribution in [-0.4, -0.2) is 16.8 Å². The molecule has 1 rings (SSSR count). The average molecular weight is 110 g/mol. The SMILES string of the molecule is CNCn1cc[c]n1. The topological polar surface area (TPSA) is 29.9 Å². The molecule has 1 aromatic rings. The maximum atomic E-state index is 3.84. The van der Waals surface area contributed by atoms with Crippen molar-refractivity contribution in [3.63, 3.8) is 0 Å². The van der Waals surface area contributed by atoms with E-state index in [9.17, 15) is 0 Å². The summed E-state index contributed by atoms with van der Waals surface area (Å²) in [6, 6.07) is 1.78. The monoisotopic (exact) mass is 110 g/mol. The number of nitrogens with one attached hydrogen (secondary N) is 1. The highest BCUT2D eigenvalue weighted by molar-refractivity contribution is 4.74. The molecule has 0 aliphatic rings. The van der Waals surface area contributed by atoms with Gasteiger partial charge in [-0.1, -0.05) is 0 Å². The van der Waals surface area contributed by atoms with Crippen molar-refractivity contribution in [1.29, 1.82) is 0 Å². The molecule has 1 aromatic heterocycles. The Morgan fingerprint density at radius 3 is 3.25 bits per heavy atom. The summed E-state index contributed by atoms with van der Waals surface area (Å²) in [5.41, 5.74) is 0. The van der Waals surface area contributed by atoms with E-state index in [2.05, 4.69) is 16.6 Å². The summed E-state index contributed by atoms with van der Waals surface area (Å²) in [5, 5.41) is 6.79. The summed E-state index contributed by atoms with van der Waals surface area (Å²) in [7, 11) is 1.88. The highest BCUT2D eigenvalue weighted by Gasteiger charge is 1.81. The highest BCUT2D eigenvalue weighted by atomic mass is 15.3. The zero-order chi connectivity index (χ0) is 5.82. The molecule has 0 spiro atoms. The standard InChI is InChI=1S/C5H8N3/c1-6-5-8-4-2-3-7-8/h2,4,6H,5H2,1H3. The van der Waals surface area contributed by atoms with Crippen LogP contribution >= 0.6 is 0 Å². The molecule has 1 N–H and O–H groups in total. The number of nitrogens with zero attached hydrogens (tertiary/aromatic N) is 2. The van der Waals surface area contributed by atoms with Gasteiger partial charge in [-0.2, -0.15) is 5.10 Å². The van der Waals surface area contributed by atoms with Gasteiger partial charge in [-0.3, -0.25) is 4.68 Å². The van der Waals surface area contributed by atoms with Crippen LogP contribution in [0.4, 0.5) is 0 Å². The Hall–Kier alpha value is -0.830. The first-order valence-electron chi connectivity index (χ1n) is 2.47. The first kappa shape index (κ1) is 5.31. The van der Waals surface area contributed by atoms with Crippen LogP contribution in [0.5, 0.6) is 0 Å². The molecule has 0 saturated heterocycles. The van der Waals surface area contributed by atoms with E-state index in [1.54, 1.807) is 10.7 Å². The molecule has 0 amide bonds. The first-order chi connectivity index (χ1) is 3.93. The number of rotatable bonds is 2. The molecule has 0 aliphatic carbocycles. The molecule has 0 aromatic carbocycles. The molecule has 0 atom stereocenters. The highest BCUT2D eigenvalue weighted by Crippen LogP contribution is 1.77. The van der Waals surface area contributed by atoms with Crippen molar-refractivity contribution in [1.82, 2.24) is 15.1 Å². The Balaban J connectivity index is 2.50. The van der Waals surface area contributed by atoms with Gasteiger partial charge < -0.3 is 5.32 Å². The van der Waals surface area contributed by atoms with Crippen molar-refractivity contribution < 1.29 is 0 Å². The van der Waals surface area contributed by atoms with E-state index in [-0.39, 0.29) is 0 Å². The van der Waals surface area contributed by atoms with E-state index in [0.717, 1.165) is 6.67 Å². The van der Waals surface area contributed by atoms with Gasteiger partial charge in [-0.15, -0.1) is 0 Å². The third kappa shape index (κ3) is 1.07. The molecule has 0 aliphatic heterocycles. The minimum absolute atomic E-state index is 0.753. The zero-order valence-electron chi connectivity index (χ0n) is 4.76. The summed E-state index contributed by atoms with van der Waals surface area (Å²) in [6.07, 6.45) is 4.55. The molecule has 0 unspecified atom stereocenters. The number of hydrogen-bond donors (Lipinski definition) is 1. The zero-order valence-corrected chi connectivity index (χ0v) is 4.76. The van der Waals surface area contributed by atoms with Crippen LogP contribution in [0.2, 0.25) is 0 Å². The van der Waals surface area contributed by atoms with Gasteiger partial charge in [0.15, 0.2) is 0 Å². The molecule has 8 heavy (non-hydrogen) atoms. The molecule has 1 radical (unpaired) electrons. The van der Waals surface area contributed by atoms with E-state index >= 15 is 0 Å². The van der Waals surface area contributed by atoms with Crippen molar-refractivity contribution in [3.05, 3.63) is 18.5 Å². The molecule has 3 nitrogen and oxygen atoms in total. The van der Waals surface area contributed by atoms with E-state index in [0.29, 0.717) is 0 Å². The Morgan fingerprint density at radius 2 is 2.75 bits per heavy atom. The predicted octanol–water partition coefficient (Wildman–Crippen LogP) is -0.140. The van der Waals surface area contributed by atoms with Crippen LogP contribution in [0.25, 0.3) is 0 Å². The summed E-state index contributed by atoms with van der Waals surface area (Å²) < 4.78 is 1.76. The fourth-order valence-electron chi connectivity index (χ4n) is 0.510. The van der Waals surface area contributed by atoms with E-state index in [1.165, 1.54) is 0 Å². The molecule has 0 saturated carbocycles. The van der Waals surface area contributed by atoms with Crippen LogP contribution in [0.1, 0.15) is 0 Å². The van der Waals surface area contributed by atoms with Gasteiger partial charge >= 0.3 is 0 Å². The first-order valence-corrected chi connectivity index (χ1v) is 2.47. The summed E-state index contributed by atoms with van der Waals surface area (Å²) >= 11 is 0. The smallest absolute Gasteiger partial charge is 0.113 e. The van der Waals surface area contributed by atoms with Gasteiger partial charge in [-0.05, 0) is 13.1 Å². The van der Waals surface area contributed by atoms with Gasteiger partial charge in [0.1, 0.15) is 6.20 Å². The Morgan fingerprint density at radius 1 is 1.88 bits per heavy atom. The Bertz CT molecular complexity index is 133. The van der Waals surface area contributed by atoms with Gasteiger partial charge in [0.05, 0.1) is 6.67 Å². The molecule has 0 bridgehead atoms. The second-order valence-electron chi connectivity index (χ2n) is 1.50. The molecule has 1 heterocycles. The minimum Gasteiger partial charge on any atom is -0.301 e. The third-order valence-electron chi connectivity index (χ3n) is 0.827. The predicted molar refractivity (Wildman–Crippen MR) is 30.1 cm³/mol. The van der Waals surface area contributed by atoms with Crippen LogP contribution in [0.3, 0.4) is 0 Å². The van der Waals surface area contributed by atoms with Crippen LogP contribution in [0, 0.1) is 6.20 Å². The molecule has 43 valence electrons. The normalized spacial score (nSPS) is 9.62. The number of aromatic nitrogens is 2. The van der Waals surface area contributed by atoms with Crippen LogP contribution in [0.15, 0.2) is 12.3 Å². The lowest BCUT2D eigenvalue weighted by atomic mass is 10.7. The summed E-state index contributed by atoms with van der Waals surface area (Å²) in [4.78, 5) is 0. The fraction of sp³-hybridized carbons (Fsp3) is 0.400. The van der Waals surface area contributed by atoms with Crippen LogP contribution in [-0.2, 0) is 6.67 Å². The van der Waals surface area contributed by atoms with Crippen molar-refractivity contribution >= 4 is 0 Å². The second-order valence-corrected chi connectivity index (χ2v) is 1.50.